The molecule has 7 nitrogen and oxygen atoms in total. The van der Waals surface area contributed by atoms with E-state index in [0.29, 0.717) is 17.5 Å². The minimum Gasteiger partial charge on any atom is -0.484 e. The highest BCUT2D eigenvalue weighted by Gasteiger charge is 2.25. The van der Waals surface area contributed by atoms with E-state index in [1.807, 2.05) is 38.1 Å². The summed E-state index contributed by atoms with van der Waals surface area (Å²) in [4.78, 5) is 21.0. The van der Waals surface area contributed by atoms with Crippen LogP contribution in [-0.4, -0.2) is 27.6 Å². The number of rotatable bonds is 7. The molecular weight excluding hydrogens is 380 g/mol. The van der Waals surface area contributed by atoms with Gasteiger partial charge in [-0.25, -0.2) is 0 Å². The Labute approximate surface area is 176 Å². The molecular formula is C23H28N4O3. The summed E-state index contributed by atoms with van der Waals surface area (Å²) in [6.45, 7) is 10.3. The van der Waals surface area contributed by atoms with Crippen molar-refractivity contribution in [2.24, 2.45) is 5.92 Å². The molecule has 1 N–H and O–H groups in total. The van der Waals surface area contributed by atoms with E-state index < -0.39 is 6.04 Å². The molecule has 0 saturated heterocycles. The number of hydrogen-bond acceptors (Lipinski definition) is 6. The number of carbonyl (C=O) groups excluding carboxylic acids is 1. The summed E-state index contributed by atoms with van der Waals surface area (Å²) in [5.41, 5.74) is 1.91. The summed E-state index contributed by atoms with van der Waals surface area (Å²) in [7, 11) is 0. The van der Waals surface area contributed by atoms with Crippen LogP contribution in [0, 0.1) is 5.92 Å². The van der Waals surface area contributed by atoms with Gasteiger partial charge in [0.15, 0.2) is 6.61 Å². The van der Waals surface area contributed by atoms with Crippen LogP contribution in [0.25, 0.3) is 11.4 Å². The van der Waals surface area contributed by atoms with Gasteiger partial charge in [-0.3, -0.25) is 9.78 Å². The maximum atomic E-state index is 12.5. The van der Waals surface area contributed by atoms with Crippen LogP contribution in [0.4, 0.5) is 0 Å². The topological polar surface area (TPSA) is 90.1 Å². The van der Waals surface area contributed by atoms with Crippen LogP contribution < -0.4 is 10.1 Å². The van der Waals surface area contributed by atoms with E-state index in [1.165, 1.54) is 0 Å². The first-order chi connectivity index (χ1) is 14.2. The smallest absolute Gasteiger partial charge is 0.258 e. The molecule has 0 radical (unpaired) electrons. The lowest BCUT2D eigenvalue weighted by Crippen LogP contribution is -2.35. The maximum absolute atomic E-state index is 12.5. The van der Waals surface area contributed by atoms with Crippen molar-refractivity contribution in [3.05, 3.63) is 60.2 Å². The fourth-order valence-electron chi connectivity index (χ4n) is 2.90. The molecule has 30 heavy (non-hydrogen) atoms. The minimum absolute atomic E-state index is 0.00824. The zero-order valence-corrected chi connectivity index (χ0v) is 18.0. The summed E-state index contributed by atoms with van der Waals surface area (Å²) in [5, 5.41) is 6.95. The Morgan fingerprint density at radius 1 is 1.20 bits per heavy atom. The first kappa shape index (κ1) is 21.5. The lowest BCUT2D eigenvalue weighted by molar-refractivity contribution is -0.124. The molecule has 2 heterocycles. The van der Waals surface area contributed by atoms with Gasteiger partial charge in [-0.15, -0.1) is 0 Å². The van der Waals surface area contributed by atoms with Crippen molar-refractivity contribution in [3.63, 3.8) is 0 Å². The van der Waals surface area contributed by atoms with Crippen LogP contribution in [0.2, 0.25) is 0 Å². The molecule has 0 spiro atoms. The molecule has 0 aliphatic rings. The average Bonchev–Trinajstić information content (AvgIpc) is 3.20. The highest BCUT2D eigenvalue weighted by atomic mass is 16.5. The zero-order valence-electron chi connectivity index (χ0n) is 18.0. The number of pyridine rings is 1. The van der Waals surface area contributed by atoms with Crippen LogP contribution >= 0.6 is 0 Å². The molecule has 3 rings (SSSR count). The quantitative estimate of drug-likeness (QED) is 0.626. The normalized spacial score (nSPS) is 12.6. The molecule has 0 fully saturated rings. The Morgan fingerprint density at radius 3 is 2.67 bits per heavy atom. The van der Waals surface area contributed by atoms with Gasteiger partial charge < -0.3 is 14.6 Å². The van der Waals surface area contributed by atoms with E-state index in [-0.39, 0.29) is 23.8 Å². The summed E-state index contributed by atoms with van der Waals surface area (Å²) in [5.74, 6) is 1.26. The van der Waals surface area contributed by atoms with Crippen molar-refractivity contribution in [3.8, 4) is 17.1 Å². The Morgan fingerprint density at radius 2 is 2.00 bits per heavy atom. The molecule has 3 aromatic rings. The van der Waals surface area contributed by atoms with Gasteiger partial charge in [-0.05, 0) is 41.2 Å². The van der Waals surface area contributed by atoms with Gasteiger partial charge in [-0.1, -0.05) is 51.9 Å². The third-order valence-corrected chi connectivity index (χ3v) is 4.68. The first-order valence-corrected chi connectivity index (χ1v) is 10.0. The number of hydrogen-bond donors (Lipinski definition) is 1. The lowest BCUT2D eigenvalue weighted by Gasteiger charge is -2.20. The molecule has 0 aliphatic carbocycles. The van der Waals surface area contributed by atoms with E-state index in [4.69, 9.17) is 9.26 Å². The monoisotopic (exact) mass is 408 g/mol. The van der Waals surface area contributed by atoms with Crippen LogP contribution in [0.5, 0.6) is 5.75 Å². The molecule has 0 aliphatic heterocycles. The van der Waals surface area contributed by atoms with Gasteiger partial charge in [0.25, 0.3) is 5.91 Å². The number of amides is 1. The van der Waals surface area contributed by atoms with Crippen molar-refractivity contribution in [1.82, 2.24) is 20.4 Å². The van der Waals surface area contributed by atoms with Crippen molar-refractivity contribution < 1.29 is 14.1 Å². The third kappa shape index (κ3) is 5.43. The maximum Gasteiger partial charge on any atom is 0.258 e. The minimum atomic E-state index is -0.417. The molecule has 0 saturated carbocycles. The summed E-state index contributed by atoms with van der Waals surface area (Å²) < 4.78 is 11.1. The first-order valence-electron chi connectivity index (χ1n) is 10.0. The molecule has 158 valence electrons. The van der Waals surface area contributed by atoms with Gasteiger partial charge in [0.05, 0.1) is 0 Å². The standard InChI is InChI=1S/C23H28N4O3/c1-15(2)20(22-26-21(27-30-22)16-8-7-11-24-13-16)25-19(28)14-29-18-10-6-9-17(12-18)23(3,4)5/h6-13,15,20H,14H2,1-5H3,(H,25,28). The SMILES string of the molecule is CC(C)C(NC(=O)COc1cccc(C(C)(C)C)c1)c1nc(-c2cccnc2)no1. The molecule has 7 heteroatoms. The molecule has 1 aromatic carbocycles. The zero-order chi connectivity index (χ0) is 21.7. The van der Waals surface area contributed by atoms with E-state index in [1.54, 1.807) is 18.5 Å². The van der Waals surface area contributed by atoms with Crippen LogP contribution in [0.1, 0.15) is 52.1 Å². The number of carbonyl (C=O) groups is 1. The number of benzene rings is 1. The fourth-order valence-corrected chi connectivity index (χ4v) is 2.90. The fraction of sp³-hybridized carbons (Fsp3) is 0.391. The third-order valence-electron chi connectivity index (χ3n) is 4.68. The van der Waals surface area contributed by atoms with Gasteiger partial charge in [0, 0.05) is 18.0 Å². The summed E-state index contributed by atoms with van der Waals surface area (Å²) in [6, 6.07) is 11.0. The largest absolute Gasteiger partial charge is 0.484 e. The second-order valence-electron chi connectivity index (χ2n) is 8.55. The van der Waals surface area contributed by atoms with Crippen molar-refractivity contribution >= 4 is 5.91 Å². The number of aromatic nitrogens is 3. The van der Waals surface area contributed by atoms with Crippen LogP contribution in [-0.2, 0) is 10.2 Å². The van der Waals surface area contributed by atoms with Crippen molar-refractivity contribution in [2.45, 2.75) is 46.1 Å². The molecule has 2 aromatic heterocycles. The second-order valence-corrected chi connectivity index (χ2v) is 8.55. The predicted octanol–water partition coefficient (Wildman–Crippen LogP) is 4.32. The molecule has 1 amide bonds. The summed E-state index contributed by atoms with van der Waals surface area (Å²) in [6.07, 6.45) is 3.34. The summed E-state index contributed by atoms with van der Waals surface area (Å²) >= 11 is 0. The molecule has 0 bridgehead atoms. The lowest BCUT2D eigenvalue weighted by atomic mass is 9.87. The number of nitrogens with zero attached hydrogens (tertiary/aromatic N) is 3. The van der Waals surface area contributed by atoms with Gasteiger partial charge in [0.2, 0.25) is 11.7 Å². The van der Waals surface area contributed by atoms with E-state index in [0.717, 1.165) is 11.1 Å². The highest BCUT2D eigenvalue weighted by molar-refractivity contribution is 5.78. The van der Waals surface area contributed by atoms with Gasteiger partial charge >= 0.3 is 0 Å². The van der Waals surface area contributed by atoms with Gasteiger partial charge in [0.1, 0.15) is 11.8 Å². The molecule has 1 atom stereocenters. The Kier molecular flexibility index (Phi) is 6.50. The highest BCUT2D eigenvalue weighted by Crippen LogP contribution is 2.26. The van der Waals surface area contributed by atoms with Crippen molar-refractivity contribution in [1.29, 1.82) is 0 Å². The van der Waals surface area contributed by atoms with E-state index in [2.05, 4.69) is 47.3 Å². The molecule has 1 unspecified atom stereocenters. The predicted molar refractivity (Wildman–Crippen MR) is 114 cm³/mol. The van der Waals surface area contributed by atoms with E-state index in [9.17, 15) is 4.79 Å². The Bertz CT molecular complexity index is 977. The number of nitrogens with one attached hydrogen (secondary N) is 1. The van der Waals surface area contributed by atoms with Crippen LogP contribution in [0.15, 0.2) is 53.3 Å². The van der Waals surface area contributed by atoms with Crippen molar-refractivity contribution in [2.75, 3.05) is 6.61 Å². The second kappa shape index (κ2) is 9.07. The van der Waals surface area contributed by atoms with E-state index >= 15 is 0 Å². The van der Waals surface area contributed by atoms with Gasteiger partial charge in [-0.2, -0.15) is 4.98 Å². The Hall–Kier alpha value is -3.22. The van der Waals surface area contributed by atoms with Crippen LogP contribution in [0.3, 0.4) is 0 Å². The Balaban J connectivity index is 1.65. The average molecular weight is 409 g/mol. The number of ether oxygens (including phenoxy) is 1.